The molecule has 1 aliphatic rings. The van der Waals surface area contributed by atoms with Crippen LogP contribution in [0.3, 0.4) is 0 Å². The third-order valence-corrected chi connectivity index (χ3v) is 6.27. The molecule has 7 heteroatoms. The standard InChI is InChI=1S/C23H29N3O3S/c1-18(27)24-21-17-19(10-11-23(21)30(2)29)22(28)9-6-12-25-13-15-26(16-14-25)20-7-4-3-5-8-20/h3-5,7-8,10-11,17H,6,9,12-16H2,1-2H3,(H,24,27). The van der Waals surface area contributed by atoms with Crippen molar-refractivity contribution in [1.82, 2.24) is 4.90 Å². The van der Waals surface area contributed by atoms with E-state index in [1.807, 2.05) is 6.07 Å². The molecule has 6 nitrogen and oxygen atoms in total. The molecule has 0 saturated carbocycles. The molecule has 1 aliphatic heterocycles. The van der Waals surface area contributed by atoms with Crippen LogP contribution in [0, 0.1) is 0 Å². The van der Waals surface area contributed by atoms with Crippen molar-refractivity contribution in [3.63, 3.8) is 0 Å². The molecule has 30 heavy (non-hydrogen) atoms. The average molecular weight is 428 g/mol. The summed E-state index contributed by atoms with van der Waals surface area (Å²) >= 11 is -1.24. The summed E-state index contributed by atoms with van der Waals surface area (Å²) in [5.41, 5.74) is 2.26. The van der Waals surface area contributed by atoms with Crippen LogP contribution in [0.15, 0.2) is 53.4 Å². The van der Waals surface area contributed by atoms with Crippen molar-refractivity contribution >= 4 is 34.2 Å². The second-order valence-electron chi connectivity index (χ2n) is 7.54. The number of benzene rings is 2. The van der Waals surface area contributed by atoms with Gasteiger partial charge in [-0.1, -0.05) is 18.2 Å². The van der Waals surface area contributed by atoms with Crippen LogP contribution < -0.4 is 10.2 Å². The monoisotopic (exact) mass is 427 g/mol. The lowest BCUT2D eigenvalue weighted by molar-refractivity contribution is -0.114. The van der Waals surface area contributed by atoms with Crippen LogP contribution in [0.5, 0.6) is 0 Å². The van der Waals surface area contributed by atoms with Crippen molar-refractivity contribution in [2.75, 3.05) is 49.2 Å². The maximum Gasteiger partial charge on any atom is 0.221 e. The summed E-state index contributed by atoms with van der Waals surface area (Å²) in [5.74, 6) is -0.209. The Bertz CT molecular complexity index is 865. The van der Waals surface area contributed by atoms with E-state index in [1.54, 1.807) is 24.5 Å². The molecular weight excluding hydrogens is 398 g/mol. The van der Waals surface area contributed by atoms with E-state index >= 15 is 0 Å². The minimum Gasteiger partial charge on any atom is -0.612 e. The number of Topliss-reactive ketones (excluding diaryl/α,β-unsaturated/α-hetero) is 1. The number of piperazine rings is 1. The van der Waals surface area contributed by atoms with E-state index in [4.69, 9.17) is 0 Å². The molecule has 1 heterocycles. The second-order valence-corrected chi connectivity index (χ2v) is 8.89. The van der Waals surface area contributed by atoms with Gasteiger partial charge in [0.25, 0.3) is 0 Å². The Balaban J connectivity index is 1.48. The fourth-order valence-corrected chi connectivity index (χ4v) is 4.40. The van der Waals surface area contributed by atoms with Gasteiger partial charge >= 0.3 is 0 Å². The molecule has 3 rings (SSSR count). The minimum absolute atomic E-state index is 0.0398. The lowest BCUT2D eigenvalue weighted by Crippen LogP contribution is -2.46. The highest BCUT2D eigenvalue weighted by Gasteiger charge is 2.19. The number of nitrogens with one attached hydrogen (secondary N) is 1. The molecule has 1 amide bonds. The van der Waals surface area contributed by atoms with Crippen molar-refractivity contribution in [2.45, 2.75) is 24.7 Å². The molecule has 1 N–H and O–H groups in total. The Labute approximate surface area is 181 Å². The van der Waals surface area contributed by atoms with E-state index in [0.717, 1.165) is 39.1 Å². The average Bonchev–Trinajstić information content (AvgIpc) is 2.74. The number of rotatable bonds is 8. The van der Waals surface area contributed by atoms with Crippen LogP contribution in [0.1, 0.15) is 30.1 Å². The molecule has 0 aliphatic carbocycles. The van der Waals surface area contributed by atoms with E-state index in [-0.39, 0.29) is 11.7 Å². The first kappa shape index (κ1) is 22.3. The number of hydrogen-bond donors (Lipinski definition) is 1. The topological polar surface area (TPSA) is 75.7 Å². The predicted octanol–water partition coefficient (Wildman–Crippen LogP) is 3.17. The van der Waals surface area contributed by atoms with E-state index in [0.29, 0.717) is 22.6 Å². The van der Waals surface area contributed by atoms with Crippen LogP contribution in [0.2, 0.25) is 0 Å². The zero-order valence-corrected chi connectivity index (χ0v) is 18.4. The molecule has 0 radical (unpaired) electrons. The molecule has 0 bridgehead atoms. The summed E-state index contributed by atoms with van der Waals surface area (Å²) in [6.45, 7) is 6.26. The Kier molecular flexibility index (Phi) is 7.90. The van der Waals surface area contributed by atoms with Crippen LogP contribution in [-0.4, -0.2) is 60.1 Å². The molecule has 2 aromatic rings. The van der Waals surface area contributed by atoms with Gasteiger partial charge in [-0.05, 0) is 54.5 Å². The highest BCUT2D eigenvalue weighted by Crippen LogP contribution is 2.24. The van der Waals surface area contributed by atoms with E-state index < -0.39 is 11.2 Å². The Hall–Kier alpha value is -2.35. The molecule has 1 saturated heterocycles. The summed E-state index contributed by atoms with van der Waals surface area (Å²) in [4.78, 5) is 29.4. The largest absolute Gasteiger partial charge is 0.612 e. The summed E-state index contributed by atoms with van der Waals surface area (Å²) in [7, 11) is 0. The van der Waals surface area contributed by atoms with Crippen molar-refractivity contribution < 1.29 is 14.1 Å². The maximum absolute atomic E-state index is 12.6. The van der Waals surface area contributed by atoms with Crippen LogP contribution in [0.4, 0.5) is 11.4 Å². The van der Waals surface area contributed by atoms with Crippen LogP contribution in [0.25, 0.3) is 0 Å². The Morgan fingerprint density at radius 1 is 1.07 bits per heavy atom. The Morgan fingerprint density at radius 3 is 2.40 bits per heavy atom. The van der Waals surface area contributed by atoms with E-state index in [2.05, 4.69) is 39.4 Å². The third-order valence-electron chi connectivity index (χ3n) is 5.29. The first-order chi connectivity index (χ1) is 14.4. The fraction of sp³-hybridized carbons (Fsp3) is 0.391. The first-order valence-electron chi connectivity index (χ1n) is 10.2. The number of carbonyl (C=O) groups is 2. The lowest BCUT2D eigenvalue weighted by Gasteiger charge is -2.36. The smallest absolute Gasteiger partial charge is 0.221 e. The van der Waals surface area contributed by atoms with Gasteiger partial charge in [0.15, 0.2) is 10.7 Å². The van der Waals surface area contributed by atoms with Crippen LogP contribution >= 0.6 is 0 Å². The fourth-order valence-electron chi connectivity index (χ4n) is 3.72. The molecule has 160 valence electrons. The third kappa shape index (κ3) is 6.08. The number of nitrogens with zero attached hydrogens (tertiary/aromatic N) is 2. The number of para-hydroxylation sites is 1. The highest BCUT2D eigenvalue weighted by molar-refractivity contribution is 7.90. The van der Waals surface area contributed by atoms with Crippen LogP contribution in [-0.2, 0) is 16.0 Å². The van der Waals surface area contributed by atoms with Crippen molar-refractivity contribution in [2.24, 2.45) is 0 Å². The zero-order chi connectivity index (χ0) is 21.5. The molecule has 0 spiro atoms. The van der Waals surface area contributed by atoms with E-state index in [1.165, 1.54) is 12.6 Å². The molecule has 1 atom stereocenters. The molecule has 1 fully saturated rings. The van der Waals surface area contributed by atoms with Gasteiger partial charge in [0, 0.05) is 50.8 Å². The minimum atomic E-state index is -1.24. The summed E-state index contributed by atoms with van der Waals surface area (Å²) in [6, 6.07) is 15.4. The van der Waals surface area contributed by atoms with Gasteiger partial charge in [-0.15, -0.1) is 0 Å². The highest BCUT2D eigenvalue weighted by atomic mass is 32.2. The van der Waals surface area contributed by atoms with Gasteiger partial charge in [0.05, 0.1) is 5.69 Å². The number of hydrogen-bond acceptors (Lipinski definition) is 5. The quantitative estimate of drug-likeness (QED) is 0.517. The summed E-state index contributed by atoms with van der Waals surface area (Å²) in [5, 5.41) is 2.68. The van der Waals surface area contributed by atoms with Gasteiger partial charge in [0.1, 0.15) is 6.26 Å². The van der Waals surface area contributed by atoms with Gasteiger partial charge < -0.3 is 14.8 Å². The van der Waals surface area contributed by atoms with Crippen molar-refractivity contribution in [3.05, 3.63) is 54.1 Å². The summed E-state index contributed by atoms with van der Waals surface area (Å²) in [6.07, 6.45) is 2.80. The number of ketones is 1. The van der Waals surface area contributed by atoms with Gasteiger partial charge in [0.2, 0.25) is 5.91 Å². The number of anilines is 2. The van der Waals surface area contributed by atoms with Gasteiger partial charge in [-0.3, -0.25) is 14.5 Å². The number of carbonyl (C=O) groups excluding carboxylic acids is 2. The first-order valence-corrected chi connectivity index (χ1v) is 11.8. The molecular formula is C23H29N3O3S. The van der Waals surface area contributed by atoms with Gasteiger partial charge in [-0.2, -0.15) is 0 Å². The Morgan fingerprint density at radius 2 is 1.77 bits per heavy atom. The summed E-state index contributed by atoms with van der Waals surface area (Å²) < 4.78 is 11.9. The molecule has 0 aromatic heterocycles. The molecule has 1 unspecified atom stereocenters. The zero-order valence-electron chi connectivity index (χ0n) is 17.6. The number of amides is 1. The van der Waals surface area contributed by atoms with Crippen molar-refractivity contribution in [3.8, 4) is 0 Å². The normalized spacial score (nSPS) is 15.6. The van der Waals surface area contributed by atoms with E-state index in [9.17, 15) is 14.1 Å². The SMILES string of the molecule is CC(=O)Nc1cc(C(=O)CCCN2CCN(c3ccccc3)CC2)ccc1[S+](C)[O-]. The molecule has 2 aromatic carbocycles. The van der Waals surface area contributed by atoms with Crippen molar-refractivity contribution in [1.29, 1.82) is 0 Å². The van der Waals surface area contributed by atoms with Gasteiger partial charge in [-0.25, -0.2) is 0 Å². The predicted molar refractivity (Wildman–Crippen MR) is 122 cm³/mol. The second kappa shape index (κ2) is 10.6. The lowest BCUT2D eigenvalue weighted by atomic mass is 10.1. The maximum atomic E-state index is 12.6.